The first-order valence-corrected chi connectivity index (χ1v) is 15.6. The summed E-state index contributed by atoms with van der Waals surface area (Å²) in [6.07, 6.45) is 1.94. The zero-order chi connectivity index (χ0) is 28.4. The van der Waals surface area contributed by atoms with E-state index in [1.54, 1.807) is 11.0 Å². The summed E-state index contributed by atoms with van der Waals surface area (Å²) in [5.41, 5.74) is 3.36. The molecule has 7 nitrogen and oxygen atoms in total. The number of anilines is 1. The van der Waals surface area contributed by atoms with E-state index in [9.17, 15) is 18.0 Å². The van der Waals surface area contributed by atoms with E-state index in [-0.39, 0.29) is 31.3 Å². The van der Waals surface area contributed by atoms with Gasteiger partial charge in [0.25, 0.3) is 0 Å². The van der Waals surface area contributed by atoms with Crippen molar-refractivity contribution in [1.29, 1.82) is 0 Å². The van der Waals surface area contributed by atoms with Crippen molar-refractivity contribution < 1.29 is 18.0 Å². The lowest BCUT2D eigenvalue weighted by molar-refractivity contribution is -0.141. The number of amides is 2. The van der Waals surface area contributed by atoms with Crippen LogP contribution in [0.5, 0.6) is 0 Å². The fourth-order valence-electron chi connectivity index (χ4n) is 4.42. The predicted octanol–water partition coefficient (Wildman–Crippen LogP) is 5.08. The number of likely N-dealkylation sites (N-methyl/N-ethyl adjacent to an activating group) is 1. The zero-order valence-electron chi connectivity index (χ0n) is 22.6. The van der Waals surface area contributed by atoms with Gasteiger partial charge < -0.3 is 10.2 Å². The monoisotopic (exact) mass is 613 g/mol. The molecule has 0 heterocycles. The van der Waals surface area contributed by atoms with E-state index in [4.69, 9.17) is 0 Å². The summed E-state index contributed by atoms with van der Waals surface area (Å²) in [6.45, 7) is 4.62. The molecule has 39 heavy (non-hydrogen) atoms. The van der Waals surface area contributed by atoms with E-state index in [0.717, 1.165) is 21.2 Å². The maximum Gasteiger partial charge on any atom is 0.243 e. The Kier molecular flexibility index (Phi) is 11.1. The Morgan fingerprint density at radius 3 is 2.26 bits per heavy atom. The van der Waals surface area contributed by atoms with Crippen LogP contribution in [0.3, 0.4) is 0 Å². The number of halogens is 1. The number of nitrogens with zero attached hydrogens (tertiary/aromatic N) is 2. The number of aryl methyl sites for hydroxylation is 1. The number of benzene rings is 3. The van der Waals surface area contributed by atoms with Crippen LogP contribution in [0.15, 0.2) is 83.3 Å². The van der Waals surface area contributed by atoms with Gasteiger partial charge in [0.15, 0.2) is 0 Å². The number of sulfonamides is 1. The summed E-state index contributed by atoms with van der Waals surface area (Å²) in [7, 11) is -3.54. The van der Waals surface area contributed by atoms with Gasteiger partial charge in [0.05, 0.1) is 11.9 Å². The third-order valence-corrected chi connectivity index (χ3v) is 8.05. The average Bonchev–Trinajstić information content (AvgIpc) is 2.89. The summed E-state index contributed by atoms with van der Waals surface area (Å²) in [5.74, 6) is -0.424. The molecule has 0 aromatic heterocycles. The fourth-order valence-corrected chi connectivity index (χ4v) is 5.64. The third-order valence-electron chi connectivity index (χ3n) is 6.33. The van der Waals surface area contributed by atoms with Crippen molar-refractivity contribution in [3.63, 3.8) is 0 Å². The normalized spacial score (nSPS) is 12.0. The Hall–Kier alpha value is -3.17. The second kappa shape index (κ2) is 14.3. The summed E-state index contributed by atoms with van der Waals surface area (Å²) in [6, 6.07) is 23.8. The number of nitrogens with one attached hydrogen (secondary N) is 1. The van der Waals surface area contributed by atoms with E-state index < -0.39 is 16.1 Å². The molecule has 0 spiro atoms. The molecule has 3 rings (SSSR count). The van der Waals surface area contributed by atoms with Gasteiger partial charge in [0.2, 0.25) is 21.8 Å². The maximum absolute atomic E-state index is 13.7. The van der Waals surface area contributed by atoms with Crippen LogP contribution >= 0.6 is 15.9 Å². The van der Waals surface area contributed by atoms with Gasteiger partial charge in [-0.15, -0.1) is 0 Å². The number of carbonyl (C=O) groups is 2. The Morgan fingerprint density at radius 2 is 1.64 bits per heavy atom. The second-order valence-corrected chi connectivity index (χ2v) is 12.3. The second-order valence-electron chi connectivity index (χ2n) is 9.53. The molecule has 0 fully saturated rings. The third kappa shape index (κ3) is 9.21. The molecule has 1 N–H and O–H groups in total. The lowest BCUT2D eigenvalue weighted by atomic mass is 10.0. The van der Waals surface area contributed by atoms with E-state index >= 15 is 0 Å². The molecule has 1 atom stereocenters. The van der Waals surface area contributed by atoms with Crippen LogP contribution in [-0.4, -0.2) is 50.5 Å². The largest absolute Gasteiger partial charge is 0.355 e. The van der Waals surface area contributed by atoms with Crippen molar-refractivity contribution >= 4 is 43.5 Å². The molecule has 9 heteroatoms. The molecule has 3 aromatic carbocycles. The SMILES string of the molecule is CCNC(=O)C(Cc1ccccc1)N(Cc1ccc(Br)cc1)C(=O)CCCN(c1cccc(C)c1)S(C)(=O)=O. The molecule has 3 aromatic rings. The smallest absolute Gasteiger partial charge is 0.243 e. The highest BCUT2D eigenvalue weighted by atomic mass is 79.9. The van der Waals surface area contributed by atoms with E-state index in [0.29, 0.717) is 25.1 Å². The summed E-state index contributed by atoms with van der Waals surface area (Å²) < 4.78 is 27.4. The van der Waals surface area contributed by atoms with Gasteiger partial charge >= 0.3 is 0 Å². The molecule has 0 aliphatic heterocycles. The summed E-state index contributed by atoms with van der Waals surface area (Å²) in [5, 5.41) is 2.89. The van der Waals surface area contributed by atoms with Crippen molar-refractivity contribution in [2.45, 2.75) is 45.7 Å². The summed E-state index contributed by atoms with van der Waals surface area (Å²) in [4.78, 5) is 28.6. The Morgan fingerprint density at radius 1 is 0.949 bits per heavy atom. The Bertz CT molecular complexity index is 1350. The molecule has 0 aliphatic rings. The number of carbonyl (C=O) groups excluding carboxylic acids is 2. The van der Waals surface area contributed by atoms with Gasteiger partial charge in [-0.2, -0.15) is 0 Å². The standard InChI is InChI=1S/C30H36BrN3O4S/c1-4-32-30(36)28(21-24-11-6-5-7-12-24)33(22-25-15-17-26(31)18-16-25)29(35)14-9-19-34(39(3,37)38)27-13-8-10-23(2)20-27/h5-8,10-13,15-18,20,28H,4,9,14,19,21-22H2,1-3H3,(H,32,36). The molecule has 2 amide bonds. The van der Waals surface area contributed by atoms with Crippen molar-refractivity contribution in [2.75, 3.05) is 23.7 Å². The van der Waals surface area contributed by atoms with E-state index in [1.807, 2.05) is 86.6 Å². The number of rotatable bonds is 13. The quantitative estimate of drug-likeness (QED) is 0.291. The van der Waals surface area contributed by atoms with Crippen molar-refractivity contribution in [3.8, 4) is 0 Å². The van der Waals surface area contributed by atoms with Gasteiger partial charge in [-0.1, -0.05) is 70.5 Å². The molecule has 0 bridgehead atoms. The molecule has 208 valence electrons. The van der Waals surface area contributed by atoms with Gasteiger partial charge in [-0.3, -0.25) is 13.9 Å². The Balaban J connectivity index is 1.85. The maximum atomic E-state index is 13.7. The van der Waals surface area contributed by atoms with Crippen LogP contribution in [0.1, 0.15) is 36.5 Å². The van der Waals surface area contributed by atoms with Gasteiger partial charge in [0, 0.05) is 36.9 Å². The molecule has 0 radical (unpaired) electrons. The average molecular weight is 615 g/mol. The van der Waals surface area contributed by atoms with Crippen molar-refractivity contribution in [3.05, 3.63) is 100 Å². The lowest BCUT2D eigenvalue weighted by Gasteiger charge is -2.32. The fraction of sp³-hybridized carbons (Fsp3) is 0.333. The Labute approximate surface area is 240 Å². The zero-order valence-corrected chi connectivity index (χ0v) is 25.0. The van der Waals surface area contributed by atoms with Crippen molar-refractivity contribution in [1.82, 2.24) is 10.2 Å². The molecule has 0 saturated carbocycles. The first kappa shape index (κ1) is 30.4. The minimum atomic E-state index is -3.54. The van der Waals surface area contributed by atoms with E-state index in [2.05, 4.69) is 21.2 Å². The minimum absolute atomic E-state index is 0.0963. The highest BCUT2D eigenvalue weighted by molar-refractivity contribution is 9.10. The van der Waals surface area contributed by atoms with Gasteiger partial charge in [-0.25, -0.2) is 8.42 Å². The minimum Gasteiger partial charge on any atom is -0.355 e. The predicted molar refractivity (Wildman–Crippen MR) is 160 cm³/mol. The topological polar surface area (TPSA) is 86.8 Å². The number of hydrogen-bond donors (Lipinski definition) is 1. The van der Waals surface area contributed by atoms with E-state index in [1.165, 1.54) is 10.6 Å². The van der Waals surface area contributed by atoms with Gasteiger partial charge in [0.1, 0.15) is 6.04 Å². The number of hydrogen-bond acceptors (Lipinski definition) is 4. The molecule has 1 unspecified atom stereocenters. The first-order valence-electron chi connectivity index (χ1n) is 13.0. The van der Waals surface area contributed by atoms with Crippen molar-refractivity contribution in [2.24, 2.45) is 0 Å². The molecular weight excluding hydrogens is 578 g/mol. The van der Waals surface area contributed by atoms with Crippen LogP contribution in [0.4, 0.5) is 5.69 Å². The molecule has 0 aliphatic carbocycles. The van der Waals surface area contributed by atoms with Crippen LogP contribution in [-0.2, 0) is 32.6 Å². The highest BCUT2D eigenvalue weighted by Crippen LogP contribution is 2.21. The van der Waals surface area contributed by atoms with Crippen LogP contribution in [0.25, 0.3) is 0 Å². The van der Waals surface area contributed by atoms with Crippen LogP contribution in [0, 0.1) is 6.92 Å². The van der Waals surface area contributed by atoms with Gasteiger partial charge in [-0.05, 0) is 61.2 Å². The summed E-state index contributed by atoms with van der Waals surface area (Å²) >= 11 is 3.45. The highest BCUT2D eigenvalue weighted by Gasteiger charge is 2.30. The van der Waals surface area contributed by atoms with Crippen LogP contribution in [0.2, 0.25) is 0 Å². The lowest BCUT2D eigenvalue weighted by Crippen LogP contribution is -2.50. The molecular formula is C30H36BrN3O4S. The first-order chi connectivity index (χ1) is 18.6. The molecule has 0 saturated heterocycles. The van der Waals surface area contributed by atoms with Crippen LogP contribution < -0.4 is 9.62 Å².